The first-order chi connectivity index (χ1) is 9.48. The number of benzene rings is 1. The summed E-state index contributed by atoms with van der Waals surface area (Å²) in [7, 11) is 0. The maximum absolute atomic E-state index is 14.8. The van der Waals surface area contributed by atoms with Gasteiger partial charge in [0.2, 0.25) is 0 Å². The molecule has 1 aromatic heterocycles. The molecule has 2 heterocycles. The Hall–Kier alpha value is -1.68. The fourth-order valence-corrected chi connectivity index (χ4v) is 2.86. The van der Waals surface area contributed by atoms with Crippen LogP contribution in [0.4, 0.5) is 4.39 Å². The van der Waals surface area contributed by atoms with Crippen molar-refractivity contribution < 1.29 is 8.91 Å². The van der Waals surface area contributed by atoms with Gasteiger partial charge in [0.15, 0.2) is 0 Å². The molecule has 0 bridgehead atoms. The molecule has 0 fully saturated rings. The highest BCUT2D eigenvalue weighted by molar-refractivity contribution is 5.66. The van der Waals surface area contributed by atoms with Gasteiger partial charge in [0.05, 0.1) is 6.20 Å². The molecule has 0 amide bonds. The van der Waals surface area contributed by atoms with Crippen LogP contribution in [0.25, 0.3) is 11.1 Å². The molecule has 20 heavy (non-hydrogen) atoms. The van der Waals surface area contributed by atoms with Gasteiger partial charge in [0.25, 0.3) is 0 Å². The number of hydrogen-bond donors (Lipinski definition) is 1. The Labute approximate surface area is 118 Å². The van der Waals surface area contributed by atoms with Gasteiger partial charge < -0.3 is 9.84 Å². The summed E-state index contributed by atoms with van der Waals surface area (Å²) in [6.07, 6.45) is 3.79. The molecule has 0 saturated heterocycles. The number of halogens is 1. The zero-order valence-corrected chi connectivity index (χ0v) is 12.1. The van der Waals surface area contributed by atoms with E-state index in [0.29, 0.717) is 11.1 Å². The molecule has 1 aliphatic heterocycles. The number of rotatable bonds is 1. The van der Waals surface area contributed by atoms with Crippen LogP contribution >= 0.6 is 0 Å². The third kappa shape index (κ3) is 2.14. The zero-order valence-electron chi connectivity index (χ0n) is 12.1. The van der Waals surface area contributed by atoms with Gasteiger partial charge in [-0.15, -0.1) is 0 Å². The molecule has 3 rings (SSSR count). The van der Waals surface area contributed by atoms with E-state index in [9.17, 15) is 4.39 Å². The molecule has 1 aromatic carbocycles. The van der Waals surface area contributed by atoms with Crippen LogP contribution in [0, 0.1) is 5.82 Å². The fourth-order valence-electron chi connectivity index (χ4n) is 2.86. The highest BCUT2D eigenvalue weighted by Gasteiger charge is 2.27. The summed E-state index contributed by atoms with van der Waals surface area (Å²) in [5.41, 5.74) is 4.42. The maximum atomic E-state index is 14.8. The van der Waals surface area contributed by atoms with E-state index < -0.39 is 0 Å². The second-order valence-corrected chi connectivity index (χ2v) is 6.33. The first kappa shape index (κ1) is 13.3. The number of hydrogen-bond acceptors (Lipinski definition) is 3. The van der Waals surface area contributed by atoms with Gasteiger partial charge >= 0.3 is 0 Å². The topological polar surface area (TPSA) is 38.1 Å². The monoisotopic (exact) mass is 274 g/mol. The summed E-state index contributed by atoms with van der Waals surface area (Å²) in [6.45, 7) is 8.04. The molecule has 0 spiro atoms. The quantitative estimate of drug-likeness (QED) is 0.866. The Morgan fingerprint density at radius 1 is 1.30 bits per heavy atom. The van der Waals surface area contributed by atoms with E-state index in [1.165, 1.54) is 11.8 Å². The van der Waals surface area contributed by atoms with Gasteiger partial charge in [-0.05, 0) is 41.1 Å². The van der Waals surface area contributed by atoms with E-state index >= 15 is 0 Å². The second kappa shape index (κ2) is 4.70. The standard InChI is InChI=1S/C16H19FN2O/c1-16(2,3)14-6-12(10-7-19-20-9-10)15(17)11-4-5-18-8-13(11)14/h6-7,9,18H,4-5,8H2,1-3H3. The number of nitrogens with one attached hydrogen (secondary N) is 1. The predicted octanol–water partition coefficient (Wildman–Crippen LogP) is 3.42. The smallest absolute Gasteiger partial charge is 0.134 e. The average Bonchev–Trinajstić information content (AvgIpc) is 2.92. The van der Waals surface area contributed by atoms with Crippen LogP contribution in [-0.4, -0.2) is 11.7 Å². The van der Waals surface area contributed by atoms with E-state index in [1.54, 1.807) is 6.20 Å². The third-order valence-electron chi connectivity index (χ3n) is 3.88. The third-order valence-corrected chi connectivity index (χ3v) is 3.88. The van der Waals surface area contributed by atoms with Crippen molar-refractivity contribution in [2.45, 2.75) is 39.2 Å². The van der Waals surface area contributed by atoms with Gasteiger partial charge in [0, 0.05) is 17.7 Å². The summed E-state index contributed by atoms with van der Waals surface area (Å²) in [4.78, 5) is 0. The molecule has 0 unspecified atom stereocenters. The summed E-state index contributed by atoms with van der Waals surface area (Å²) in [5.74, 6) is -0.127. The summed E-state index contributed by atoms with van der Waals surface area (Å²) in [6, 6.07) is 1.95. The van der Waals surface area contributed by atoms with E-state index in [2.05, 4.69) is 31.2 Å². The molecule has 0 atom stereocenters. The second-order valence-electron chi connectivity index (χ2n) is 6.33. The Bertz CT molecular complexity index is 627. The van der Waals surface area contributed by atoms with E-state index in [-0.39, 0.29) is 11.2 Å². The van der Waals surface area contributed by atoms with Crippen molar-refractivity contribution in [1.29, 1.82) is 0 Å². The van der Waals surface area contributed by atoms with Crippen molar-refractivity contribution in [1.82, 2.24) is 10.5 Å². The van der Waals surface area contributed by atoms with Crippen molar-refractivity contribution in [3.63, 3.8) is 0 Å². The SMILES string of the molecule is CC(C)(C)c1cc(-c2cnoc2)c(F)c2c1CNCC2. The lowest BCUT2D eigenvalue weighted by Gasteiger charge is -2.29. The Kier molecular flexibility index (Phi) is 3.13. The maximum Gasteiger partial charge on any atom is 0.134 e. The molecular weight excluding hydrogens is 255 g/mol. The van der Waals surface area contributed by atoms with Gasteiger partial charge in [-0.25, -0.2) is 4.39 Å². The van der Waals surface area contributed by atoms with Crippen LogP contribution in [-0.2, 0) is 18.4 Å². The molecule has 1 aliphatic rings. The molecule has 0 aliphatic carbocycles. The molecule has 1 N–H and O–H groups in total. The van der Waals surface area contributed by atoms with Crippen LogP contribution in [0.3, 0.4) is 0 Å². The molecule has 2 aromatic rings. The molecule has 0 radical (unpaired) electrons. The number of aromatic nitrogens is 1. The Balaban J connectivity index is 2.27. The van der Waals surface area contributed by atoms with E-state index in [1.807, 2.05) is 6.07 Å². The van der Waals surface area contributed by atoms with Crippen LogP contribution in [0.1, 0.15) is 37.5 Å². The lowest BCUT2D eigenvalue weighted by molar-refractivity contribution is 0.420. The van der Waals surface area contributed by atoms with E-state index in [0.717, 1.165) is 30.6 Å². The summed E-state index contributed by atoms with van der Waals surface area (Å²) < 4.78 is 19.7. The largest absolute Gasteiger partial charge is 0.364 e. The van der Waals surface area contributed by atoms with Gasteiger partial charge in [0.1, 0.15) is 12.1 Å². The van der Waals surface area contributed by atoms with Crippen LogP contribution in [0.2, 0.25) is 0 Å². The number of fused-ring (bicyclic) bond motifs is 1. The number of nitrogens with zero attached hydrogens (tertiary/aromatic N) is 1. The van der Waals surface area contributed by atoms with Gasteiger partial charge in [-0.3, -0.25) is 0 Å². The molecule has 0 saturated carbocycles. The fraction of sp³-hybridized carbons (Fsp3) is 0.438. The summed E-state index contributed by atoms with van der Waals surface area (Å²) in [5, 5.41) is 7.03. The van der Waals surface area contributed by atoms with Crippen molar-refractivity contribution in [2.24, 2.45) is 0 Å². The Morgan fingerprint density at radius 3 is 2.75 bits per heavy atom. The Morgan fingerprint density at radius 2 is 2.10 bits per heavy atom. The minimum Gasteiger partial charge on any atom is -0.364 e. The minimum atomic E-state index is -0.127. The van der Waals surface area contributed by atoms with Crippen molar-refractivity contribution in [3.05, 3.63) is 41.0 Å². The van der Waals surface area contributed by atoms with Crippen molar-refractivity contribution in [2.75, 3.05) is 6.54 Å². The molecule has 3 nitrogen and oxygen atoms in total. The first-order valence-corrected chi connectivity index (χ1v) is 6.93. The highest BCUT2D eigenvalue weighted by Crippen LogP contribution is 2.36. The van der Waals surface area contributed by atoms with Crippen molar-refractivity contribution in [3.8, 4) is 11.1 Å². The molecule has 4 heteroatoms. The lowest BCUT2D eigenvalue weighted by Crippen LogP contribution is -2.29. The summed E-state index contributed by atoms with van der Waals surface area (Å²) >= 11 is 0. The van der Waals surface area contributed by atoms with Crippen molar-refractivity contribution >= 4 is 0 Å². The van der Waals surface area contributed by atoms with E-state index in [4.69, 9.17) is 4.52 Å². The van der Waals surface area contributed by atoms with Crippen LogP contribution in [0.15, 0.2) is 23.0 Å². The zero-order chi connectivity index (χ0) is 14.3. The van der Waals surface area contributed by atoms with Crippen LogP contribution in [0.5, 0.6) is 0 Å². The average molecular weight is 274 g/mol. The predicted molar refractivity (Wildman–Crippen MR) is 76.0 cm³/mol. The minimum absolute atomic E-state index is 0.0251. The first-order valence-electron chi connectivity index (χ1n) is 6.93. The molecular formula is C16H19FN2O. The van der Waals surface area contributed by atoms with Gasteiger partial charge in [-0.1, -0.05) is 25.9 Å². The normalized spacial score (nSPS) is 15.2. The highest BCUT2D eigenvalue weighted by atomic mass is 19.1. The van der Waals surface area contributed by atoms with Crippen LogP contribution < -0.4 is 5.32 Å². The molecule has 106 valence electrons. The lowest BCUT2D eigenvalue weighted by atomic mass is 9.79. The van der Waals surface area contributed by atoms with Gasteiger partial charge in [-0.2, -0.15) is 0 Å².